The molecule has 1 saturated heterocycles. The summed E-state index contributed by atoms with van der Waals surface area (Å²) in [5.41, 5.74) is 0.868. The largest absolute Gasteiger partial charge is 0.303 e. The van der Waals surface area contributed by atoms with Gasteiger partial charge in [0.15, 0.2) is 5.82 Å². The SMILES string of the molecule is Cc1ccc(Br)nc1N(Cl)C(=O)[C@@H]1CC[C@@H](C)N1. The number of carbonyl (C=O) groups is 1. The molecule has 1 aromatic rings. The summed E-state index contributed by atoms with van der Waals surface area (Å²) >= 11 is 9.41. The number of nitrogens with zero attached hydrogens (tertiary/aromatic N) is 2. The highest BCUT2D eigenvalue weighted by atomic mass is 79.9. The van der Waals surface area contributed by atoms with E-state index in [-0.39, 0.29) is 11.9 Å². The van der Waals surface area contributed by atoms with E-state index in [2.05, 4.69) is 33.2 Å². The van der Waals surface area contributed by atoms with Crippen LogP contribution in [-0.2, 0) is 4.79 Å². The lowest BCUT2D eigenvalue weighted by Gasteiger charge is -2.19. The van der Waals surface area contributed by atoms with Crippen LogP contribution in [0.25, 0.3) is 0 Å². The van der Waals surface area contributed by atoms with E-state index in [4.69, 9.17) is 11.8 Å². The highest BCUT2D eigenvalue weighted by Crippen LogP contribution is 2.24. The fourth-order valence-electron chi connectivity index (χ4n) is 2.06. The molecule has 1 aliphatic heterocycles. The molecule has 0 bridgehead atoms. The van der Waals surface area contributed by atoms with Gasteiger partial charge in [-0.2, -0.15) is 0 Å². The predicted molar refractivity (Wildman–Crippen MR) is 75.6 cm³/mol. The second kappa shape index (κ2) is 5.55. The van der Waals surface area contributed by atoms with Gasteiger partial charge in [0, 0.05) is 17.8 Å². The number of hydrogen-bond donors (Lipinski definition) is 1. The smallest absolute Gasteiger partial charge is 0.260 e. The molecule has 2 heterocycles. The standard InChI is InChI=1S/C12H15BrClN3O/c1-7-3-6-10(13)16-11(7)17(14)12(18)9-5-4-8(2)15-9/h3,6,8-9,15H,4-5H2,1-2H3/t8-,9+/m1/s1. The number of nitrogens with one attached hydrogen (secondary N) is 1. The quantitative estimate of drug-likeness (QED) is 0.669. The van der Waals surface area contributed by atoms with Crippen molar-refractivity contribution in [3.05, 3.63) is 22.3 Å². The number of pyridine rings is 1. The molecule has 0 aliphatic carbocycles. The van der Waals surface area contributed by atoms with E-state index >= 15 is 0 Å². The van der Waals surface area contributed by atoms with Crippen LogP contribution in [0.4, 0.5) is 5.82 Å². The number of anilines is 1. The van der Waals surface area contributed by atoms with Gasteiger partial charge < -0.3 is 5.32 Å². The van der Waals surface area contributed by atoms with E-state index in [1.165, 1.54) is 0 Å². The molecule has 18 heavy (non-hydrogen) atoms. The van der Waals surface area contributed by atoms with E-state index in [1.54, 1.807) is 0 Å². The molecule has 2 rings (SSSR count). The van der Waals surface area contributed by atoms with Crippen LogP contribution in [0.1, 0.15) is 25.3 Å². The minimum Gasteiger partial charge on any atom is -0.303 e. The maximum absolute atomic E-state index is 12.2. The second-order valence-electron chi connectivity index (χ2n) is 4.59. The number of aromatic nitrogens is 1. The molecule has 0 aromatic carbocycles. The molecule has 1 amide bonds. The Morgan fingerprint density at radius 2 is 2.28 bits per heavy atom. The van der Waals surface area contributed by atoms with E-state index in [1.807, 2.05) is 19.1 Å². The lowest BCUT2D eigenvalue weighted by Crippen LogP contribution is -2.41. The number of hydrogen-bond acceptors (Lipinski definition) is 3. The van der Waals surface area contributed by atoms with Gasteiger partial charge in [0.05, 0.1) is 6.04 Å². The molecular weight excluding hydrogens is 318 g/mol. The lowest BCUT2D eigenvalue weighted by atomic mass is 10.2. The van der Waals surface area contributed by atoms with Crippen LogP contribution in [0.3, 0.4) is 0 Å². The highest BCUT2D eigenvalue weighted by molar-refractivity contribution is 9.10. The summed E-state index contributed by atoms with van der Waals surface area (Å²) in [7, 11) is 0. The van der Waals surface area contributed by atoms with Crippen LogP contribution in [-0.4, -0.2) is 23.0 Å². The summed E-state index contributed by atoms with van der Waals surface area (Å²) in [6.07, 6.45) is 1.81. The van der Waals surface area contributed by atoms with E-state index in [0.29, 0.717) is 16.5 Å². The van der Waals surface area contributed by atoms with Crippen molar-refractivity contribution in [3.8, 4) is 0 Å². The van der Waals surface area contributed by atoms with Crippen molar-refractivity contribution < 1.29 is 4.79 Å². The van der Waals surface area contributed by atoms with E-state index < -0.39 is 0 Å². The first-order valence-electron chi connectivity index (χ1n) is 5.88. The van der Waals surface area contributed by atoms with E-state index in [0.717, 1.165) is 22.8 Å². The first-order chi connectivity index (χ1) is 8.49. The van der Waals surface area contributed by atoms with E-state index in [9.17, 15) is 4.79 Å². The van der Waals surface area contributed by atoms with Gasteiger partial charge in [-0.1, -0.05) is 6.07 Å². The van der Waals surface area contributed by atoms with Crippen molar-refractivity contribution in [1.29, 1.82) is 0 Å². The predicted octanol–water partition coefficient (Wildman–Crippen LogP) is 2.78. The van der Waals surface area contributed by atoms with Gasteiger partial charge in [-0.25, -0.2) is 9.40 Å². The van der Waals surface area contributed by atoms with Gasteiger partial charge in [0.1, 0.15) is 4.60 Å². The second-order valence-corrected chi connectivity index (χ2v) is 5.74. The van der Waals surface area contributed by atoms with Crippen molar-refractivity contribution in [2.24, 2.45) is 0 Å². The van der Waals surface area contributed by atoms with Crippen molar-refractivity contribution in [3.63, 3.8) is 0 Å². The van der Waals surface area contributed by atoms with Crippen LogP contribution < -0.4 is 9.74 Å². The zero-order chi connectivity index (χ0) is 13.3. The first-order valence-corrected chi connectivity index (χ1v) is 7.01. The van der Waals surface area contributed by atoms with Crippen LogP contribution >= 0.6 is 27.7 Å². The Labute approximate surface area is 120 Å². The van der Waals surface area contributed by atoms with Crippen LogP contribution in [0.2, 0.25) is 0 Å². The highest BCUT2D eigenvalue weighted by Gasteiger charge is 2.31. The summed E-state index contributed by atoms with van der Waals surface area (Å²) in [6.45, 7) is 3.94. The molecular formula is C12H15BrClN3O. The number of aryl methyl sites for hydroxylation is 1. The fourth-order valence-corrected chi connectivity index (χ4v) is 2.65. The number of carbonyl (C=O) groups excluding carboxylic acids is 1. The minimum atomic E-state index is -0.210. The fraction of sp³-hybridized carbons (Fsp3) is 0.500. The molecule has 0 saturated carbocycles. The Bertz CT molecular complexity index is 469. The molecule has 0 radical (unpaired) electrons. The summed E-state index contributed by atoms with van der Waals surface area (Å²) in [5, 5.41) is 3.22. The van der Waals surface area contributed by atoms with Gasteiger partial charge in [-0.3, -0.25) is 4.79 Å². The van der Waals surface area contributed by atoms with Gasteiger partial charge in [0.25, 0.3) is 5.91 Å². The van der Waals surface area contributed by atoms with Gasteiger partial charge in [-0.15, -0.1) is 0 Å². The molecule has 2 atom stereocenters. The molecule has 1 N–H and O–H groups in total. The summed E-state index contributed by atoms with van der Waals surface area (Å²) in [6, 6.07) is 3.85. The van der Waals surface area contributed by atoms with Crippen LogP contribution in [0, 0.1) is 6.92 Å². The molecule has 1 aliphatic rings. The molecule has 4 nitrogen and oxygen atoms in total. The third-order valence-electron chi connectivity index (χ3n) is 3.09. The topological polar surface area (TPSA) is 45.2 Å². The summed E-state index contributed by atoms with van der Waals surface area (Å²) in [5.74, 6) is 0.340. The van der Waals surface area contributed by atoms with Crippen LogP contribution in [0.15, 0.2) is 16.7 Å². The Balaban J connectivity index is 2.17. The summed E-state index contributed by atoms with van der Waals surface area (Å²) in [4.78, 5) is 16.5. The normalized spacial score (nSPS) is 23.1. The molecule has 0 unspecified atom stereocenters. The van der Waals surface area contributed by atoms with Gasteiger partial charge >= 0.3 is 0 Å². The molecule has 98 valence electrons. The molecule has 1 aromatic heterocycles. The Hall–Kier alpha value is -0.650. The lowest BCUT2D eigenvalue weighted by molar-refractivity contribution is -0.119. The van der Waals surface area contributed by atoms with Gasteiger partial charge in [-0.05, 0) is 54.2 Å². The summed E-state index contributed by atoms with van der Waals surface area (Å²) < 4.78 is 1.78. The Kier molecular flexibility index (Phi) is 4.25. The third kappa shape index (κ3) is 2.84. The third-order valence-corrected chi connectivity index (χ3v) is 3.86. The number of rotatable bonds is 2. The monoisotopic (exact) mass is 331 g/mol. The Morgan fingerprint density at radius 1 is 1.56 bits per heavy atom. The molecule has 1 fully saturated rings. The average Bonchev–Trinajstić information content (AvgIpc) is 2.77. The molecule has 0 spiro atoms. The molecule has 6 heteroatoms. The zero-order valence-electron chi connectivity index (χ0n) is 10.3. The van der Waals surface area contributed by atoms with Crippen molar-refractivity contribution in [1.82, 2.24) is 10.3 Å². The van der Waals surface area contributed by atoms with Gasteiger partial charge in [0.2, 0.25) is 0 Å². The van der Waals surface area contributed by atoms with Crippen LogP contribution in [0.5, 0.6) is 0 Å². The maximum atomic E-state index is 12.2. The number of amides is 1. The van der Waals surface area contributed by atoms with Crippen molar-refractivity contribution in [2.45, 2.75) is 38.8 Å². The maximum Gasteiger partial charge on any atom is 0.260 e. The van der Waals surface area contributed by atoms with Crippen molar-refractivity contribution >= 4 is 39.4 Å². The first kappa shape index (κ1) is 13.8. The van der Waals surface area contributed by atoms with Crippen molar-refractivity contribution in [2.75, 3.05) is 4.42 Å². The number of halogens is 2. The zero-order valence-corrected chi connectivity index (χ0v) is 12.6. The average molecular weight is 333 g/mol. The minimum absolute atomic E-state index is 0.144. The Morgan fingerprint density at radius 3 is 2.89 bits per heavy atom.